The van der Waals surface area contributed by atoms with Gasteiger partial charge in [-0.2, -0.15) is 0 Å². The lowest BCUT2D eigenvalue weighted by atomic mass is 9.83. The summed E-state index contributed by atoms with van der Waals surface area (Å²) in [6.45, 7) is 12.7. The van der Waals surface area contributed by atoms with E-state index in [4.69, 9.17) is 5.73 Å². The molecule has 2 heteroatoms. The summed E-state index contributed by atoms with van der Waals surface area (Å²) in [6.07, 6.45) is 9.70. The molecule has 0 aromatic heterocycles. The molecule has 1 atom stereocenters. The topological polar surface area (TPSA) is 29.3 Å². The van der Waals surface area contributed by atoms with Gasteiger partial charge < -0.3 is 5.73 Å². The highest BCUT2D eigenvalue weighted by atomic mass is 15.2. The third-order valence-corrected chi connectivity index (χ3v) is 4.89. The van der Waals surface area contributed by atoms with Crippen LogP contribution in [0, 0.1) is 17.8 Å². The zero-order chi connectivity index (χ0) is 15.0. The summed E-state index contributed by atoms with van der Waals surface area (Å²) in [7, 11) is 0. The maximum absolute atomic E-state index is 6.18. The van der Waals surface area contributed by atoms with Crippen LogP contribution < -0.4 is 5.73 Å². The maximum atomic E-state index is 6.18. The number of rotatable bonds is 9. The minimum Gasteiger partial charge on any atom is -0.329 e. The van der Waals surface area contributed by atoms with Gasteiger partial charge in [0.05, 0.1) is 0 Å². The van der Waals surface area contributed by atoms with E-state index in [1.807, 2.05) is 0 Å². The highest BCUT2D eigenvalue weighted by Crippen LogP contribution is 2.29. The van der Waals surface area contributed by atoms with Crippen molar-refractivity contribution in [3.05, 3.63) is 0 Å². The van der Waals surface area contributed by atoms with Crippen molar-refractivity contribution in [2.75, 3.05) is 19.6 Å². The molecule has 2 N–H and O–H groups in total. The summed E-state index contributed by atoms with van der Waals surface area (Å²) < 4.78 is 0. The van der Waals surface area contributed by atoms with Gasteiger partial charge in [-0.15, -0.1) is 0 Å². The van der Waals surface area contributed by atoms with Crippen molar-refractivity contribution >= 4 is 0 Å². The molecule has 1 aliphatic rings. The molecule has 20 heavy (non-hydrogen) atoms. The standard InChI is InChI=1S/C18H38N2/c1-15(2)10-12-20(13-11-16(3)4)18(14-19)17-8-6-5-7-9-17/h15-18H,5-14,19H2,1-4H3. The quantitative estimate of drug-likeness (QED) is 0.683. The normalized spacial score (nSPS) is 19.2. The van der Waals surface area contributed by atoms with Crippen LogP contribution in [0.4, 0.5) is 0 Å². The lowest BCUT2D eigenvalue weighted by Crippen LogP contribution is -2.47. The van der Waals surface area contributed by atoms with E-state index >= 15 is 0 Å². The van der Waals surface area contributed by atoms with Crippen LogP contribution in [0.1, 0.15) is 72.6 Å². The lowest BCUT2D eigenvalue weighted by Gasteiger charge is -2.39. The van der Waals surface area contributed by atoms with Crippen molar-refractivity contribution in [3.8, 4) is 0 Å². The second-order valence-corrected chi connectivity index (χ2v) is 7.60. The molecule has 2 nitrogen and oxygen atoms in total. The van der Waals surface area contributed by atoms with Crippen LogP contribution in [0.15, 0.2) is 0 Å². The Kier molecular flexibility index (Phi) is 8.79. The molecule has 0 bridgehead atoms. The fourth-order valence-corrected chi connectivity index (χ4v) is 3.45. The minimum absolute atomic E-state index is 0.632. The van der Waals surface area contributed by atoms with Gasteiger partial charge in [-0.05, 0) is 56.5 Å². The van der Waals surface area contributed by atoms with E-state index in [1.54, 1.807) is 0 Å². The Morgan fingerprint density at radius 2 is 1.40 bits per heavy atom. The smallest absolute Gasteiger partial charge is 0.0246 e. The molecular weight excluding hydrogens is 244 g/mol. The van der Waals surface area contributed by atoms with Crippen molar-refractivity contribution < 1.29 is 0 Å². The number of hydrogen-bond acceptors (Lipinski definition) is 2. The van der Waals surface area contributed by atoms with Crippen molar-refractivity contribution in [3.63, 3.8) is 0 Å². The Morgan fingerprint density at radius 3 is 1.80 bits per heavy atom. The predicted octanol–water partition coefficient (Wildman–Crippen LogP) is 4.29. The highest BCUT2D eigenvalue weighted by molar-refractivity contribution is 4.83. The summed E-state index contributed by atoms with van der Waals surface area (Å²) >= 11 is 0. The molecule has 0 aliphatic heterocycles. The monoisotopic (exact) mass is 282 g/mol. The van der Waals surface area contributed by atoms with Crippen molar-refractivity contribution in [2.24, 2.45) is 23.5 Å². The minimum atomic E-state index is 0.632. The van der Waals surface area contributed by atoms with Gasteiger partial charge in [0.25, 0.3) is 0 Å². The van der Waals surface area contributed by atoms with Gasteiger partial charge in [0.15, 0.2) is 0 Å². The van der Waals surface area contributed by atoms with E-state index in [2.05, 4.69) is 32.6 Å². The molecule has 1 saturated carbocycles. The zero-order valence-corrected chi connectivity index (χ0v) is 14.4. The Balaban J connectivity index is 2.59. The second-order valence-electron chi connectivity index (χ2n) is 7.60. The van der Waals surface area contributed by atoms with Gasteiger partial charge in [-0.25, -0.2) is 0 Å². The molecule has 0 amide bonds. The predicted molar refractivity (Wildman–Crippen MR) is 89.9 cm³/mol. The molecule has 1 rings (SSSR count). The SMILES string of the molecule is CC(C)CCN(CCC(C)C)C(CN)C1CCCCC1. The fraction of sp³-hybridized carbons (Fsp3) is 1.00. The van der Waals surface area contributed by atoms with Crippen molar-refractivity contribution in [1.29, 1.82) is 0 Å². The van der Waals surface area contributed by atoms with Crippen molar-refractivity contribution in [2.45, 2.75) is 78.7 Å². The largest absolute Gasteiger partial charge is 0.329 e. The Hall–Kier alpha value is -0.0800. The molecule has 1 fully saturated rings. The first-order valence-corrected chi connectivity index (χ1v) is 8.98. The Labute approximate surface area is 127 Å². The second kappa shape index (κ2) is 9.78. The molecular formula is C18H38N2. The average molecular weight is 283 g/mol. The molecule has 0 aromatic rings. The van der Waals surface area contributed by atoms with Gasteiger partial charge in [0.2, 0.25) is 0 Å². The van der Waals surface area contributed by atoms with Crippen LogP contribution in [-0.4, -0.2) is 30.6 Å². The van der Waals surface area contributed by atoms with E-state index in [9.17, 15) is 0 Å². The summed E-state index contributed by atoms with van der Waals surface area (Å²) in [5.74, 6) is 2.44. The first-order chi connectivity index (χ1) is 9.54. The molecule has 0 saturated heterocycles. The summed E-state index contributed by atoms with van der Waals surface area (Å²) in [4.78, 5) is 2.73. The first kappa shape index (κ1) is 18.0. The number of nitrogens with two attached hydrogens (primary N) is 1. The summed E-state index contributed by atoms with van der Waals surface area (Å²) in [5.41, 5.74) is 6.18. The van der Waals surface area contributed by atoms with Crippen LogP contribution in [-0.2, 0) is 0 Å². The third-order valence-electron chi connectivity index (χ3n) is 4.89. The van der Waals surface area contributed by atoms with Crippen LogP contribution in [0.3, 0.4) is 0 Å². The fourth-order valence-electron chi connectivity index (χ4n) is 3.45. The highest BCUT2D eigenvalue weighted by Gasteiger charge is 2.27. The van der Waals surface area contributed by atoms with Gasteiger partial charge in [-0.3, -0.25) is 4.90 Å². The van der Waals surface area contributed by atoms with Gasteiger partial charge in [0, 0.05) is 12.6 Å². The van der Waals surface area contributed by atoms with Crippen LogP contribution >= 0.6 is 0 Å². The molecule has 0 radical (unpaired) electrons. The molecule has 1 unspecified atom stereocenters. The number of hydrogen-bond donors (Lipinski definition) is 1. The number of nitrogens with zero attached hydrogens (tertiary/aromatic N) is 1. The zero-order valence-electron chi connectivity index (χ0n) is 14.4. The molecule has 0 heterocycles. The first-order valence-electron chi connectivity index (χ1n) is 8.98. The van der Waals surface area contributed by atoms with Gasteiger partial charge >= 0.3 is 0 Å². The average Bonchev–Trinajstić information content (AvgIpc) is 2.42. The summed E-state index contributed by atoms with van der Waals surface area (Å²) in [6, 6.07) is 0.632. The molecule has 0 spiro atoms. The van der Waals surface area contributed by atoms with E-state index in [1.165, 1.54) is 58.0 Å². The van der Waals surface area contributed by atoms with E-state index in [-0.39, 0.29) is 0 Å². The maximum Gasteiger partial charge on any atom is 0.0246 e. The summed E-state index contributed by atoms with van der Waals surface area (Å²) in [5, 5.41) is 0. The van der Waals surface area contributed by atoms with Crippen LogP contribution in [0.25, 0.3) is 0 Å². The van der Waals surface area contributed by atoms with Crippen LogP contribution in [0.2, 0.25) is 0 Å². The van der Waals surface area contributed by atoms with E-state index in [0.717, 1.165) is 24.3 Å². The molecule has 1 aliphatic carbocycles. The van der Waals surface area contributed by atoms with E-state index < -0.39 is 0 Å². The third kappa shape index (κ3) is 6.58. The van der Waals surface area contributed by atoms with Gasteiger partial charge in [-0.1, -0.05) is 47.0 Å². The Morgan fingerprint density at radius 1 is 0.900 bits per heavy atom. The van der Waals surface area contributed by atoms with Crippen molar-refractivity contribution in [1.82, 2.24) is 4.90 Å². The van der Waals surface area contributed by atoms with E-state index in [0.29, 0.717) is 6.04 Å². The lowest BCUT2D eigenvalue weighted by molar-refractivity contribution is 0.111. The van der Waals surface area contributed by atoms with Gasteiger partial charge in [0.1, 0.15) is 0 Å². The molecule has 120 valence electrons. The molecule has 0 aromatic carbocycles. The van der Waals surface area contributed by atoms with Crippen LogP contribution in [0.5, 0.6) is 0 Å². The Bertz CT molecular complexity index is 220.